The van der Waals surface area contributed by atoms with E-state index in [-0.39, 0.29) is 53.7 Å². The van der Waals surface area contributed by atoms with Crippen LogP contribution in [0.1, 0.15) is 99.3 Å². The van der Waals surface area contributed by atoms with Crippen LogP contribution in [0.2, 0.25) is 0 Å². The van der Waals surface area contributed by atoms with Crippen LogP contribution in [0.5, 0.6) is 0 Å². The average Bonchev–Trinajstić information content (AvgIpc) is 3.48. The summed E-state index contributed by atoms with van der Waals surface area (Å²) in [7, 11) is 0. The van der Waals surface area contributed by atoms with Crippen molar-refractivity contribution in [1.82, 2.24) is 0 Å². The SMILES string of the molecule is [2H]O[C@H]1C[C@@]2(C)[C@@H](C[C@H]3O[C@@H](C4CCCCC4C)O[C@]32C(=O)COC(=O)C(C)CC)[C@@H]2CCC3=CC(=O)C(C)=C[C@]3(C)[C@H]21. The van der Waals surface area contributed by atoms with E-state index in [9.17, 15) is 14.4 Å². The lowest BCUT2D eigenvalue weighted by molar-refractivity contribution is -0.213. The van der Waals surface area contributed by atoms with Crippen LogP contribution in [0.15, 0.2) is 23.3 Å². The zero-order valence-corrected chi connectivity index (χ0v) is 26.3. The number of Topliss-reactive ketones (excluding diaryl/α,β-unsaturated/α-hetero) is 1. The van der Waals surface area contributed by atoms with E-state index < -0.39 is 34.9 Å². The second-order valence-corrected chi connectivity index (χ2v) is 15.0. The predicted molar refractivity (Wildman–Crippen MR) is 157 cm³/mol. The van der Waals surface area contributed by atoms with Gasteiger partial charge in [-0.2, -0.15) is 0 Å². The Morgan fingerprint density at radius 2 is 1.98 bits per heavy atom. The van der Waals surface area contributed by atoms with Crippen molar-refractivity contribution >= 4 is 17.5 Å². The third-order valence-corrected chi connectivity index (χ3v) is 12.8. The molecule has 4 saturated carbocycles. The molecule has 3 unspecified atom stereocenters. The number of esters is 1. The lowest BCUT2D eigenvalue weighted by Gasteiger charge is -2.60. The molecule has 1 N–H and O–H groups in total. The molecule has 1 saturated heterocycles. The lowest BCUT2D eigenvalue weighted by atomic mass is 9.46. The maximum Gasteiger partial charge on any atom is 0.309 e. The summed E-state index contributed by atoms with van der Waals surface area (Å²) in [5.41, 5.74) is -0.482. The Hall–Kier alpha value is -1.83. The molecular formula is C35H50O7. The van der Waals surface area contributed by atoms with Crippen molar-refractivity contribution in [2.24, 2.45) is 46.3 Å². The zero-order chi connectivity index (χ0) is 30.9. The van der Waals surface area contributed by atoms with Crippen molar-refractivity contribution in [1.29, 1.82) is 1.43 Å². The topological polar surface area (TPSA) is 99.1 Å². The maximum atomic E-state index is 14.5. The van der Waals surface area contributed by atoms with Crippen LogP contribution in [-0.4, -0.2) is 54.8 Å². The predicted octanol–water partition coefficient (Wildman–Crippen LogP) is 5.73. The molecule has 5 aliphatic carbocycles. The second-order valence-electron chi connectivity index (χ2n) is 15.0. The molecule has 232 valence electrons. The molecule has 0 aromatic heterocycles. The molecule has 7 nitrogen and oxygen atoms in total. The highest BCUT2D eigenvalue weighted by atomic mass is 16.7. The molecule has 5 fully saturated rings. The van der Waals surface area contributed by atoms with Gasteiger partial charge < -0.3 is 19.3 Å². The van der Waals surface area contributed by atoms with Crippen molar-refractivity contribution in [3.05, 3.63) is 23.3 Å². The lowest BCUT2D eigenvalue weighted by Crippen LogP contribution is -2.64. The van der Waals surface area contributed by atoms with E-state index in [1.165, 1.54) is 6.42 Å². The van der Waals surface area contributed by atoms with Crippen LogP contribution in [0.25, 0.3) is 0 Å². The molecule has 6 rings (SSSR count). The third-order valence-electron chi connectivity index (χ3n) is 12.8. The first-order chi connectivity index (χ1) is 20.4. The third kappa shape index (κ3) is 4.27. The van der Waals surface area contributed by atoms with Gasteiger partial charge in [-0.05, 0) is 74.9 Å². The number of ether oxygens (including phenoxy) is 3. The normalized spacial score (nSPS) is 47.2. The second kappa shape index (κ2) is 10.7. The highest BCUT2D eigenvalue weighted by Crippen LogP contribution is 2.70. The fourth-order valence-electron chi connectivity index (χ4n) is 10.3. The van der Waals surface area contributed by atoms with Crippen molar-refractivity contribution in [2.75, 3.05) is 6.61 Å². The first kappa shape index (κ1) is 28.9. The number of fused-ring (bicyclic) bond motifs is 7. The van der Waals surface area contributed by atoms with Gasteiger partial charge >= 0.3 is 5.97 Å². The number of carbonyl (C=O) groups is 3. The number of hydrogen-bond acceptors (Lipinski definition) is 7. The monoisotopic (exact) mass is 583 g/mol. The molecule has 0 amide bonds. The van der Waals surface area contributed by atoms with Crippen LogP contribution in [0, 0.1) is 46.3 Å². The largest absolute Gasteiger partial charge is 0.457 e. The van der Waals surface area contributed by atoms with Crippen LogP contribution < -0.4 is 0 Å². The van der Waals surface area contributed by atoms with Crippen LogP contribution in [0.3, 0.4) is 0 Å². The Bertz CT molecular complexity index is 1230. The first-order valence-corrected chi connectivity index (χ1v) is 16.5. The Morgan fingerprint density at radius 1 is 1.21 bits per heavy atom. The minimum Gasteiger partial charge on any atom is -0.457 e. The van der Waals surface area contributed by atoms with Gasteiger partial charge in [-0.15, -0.1) is 0 Å². The summed E-state index contributed by atoms with van der Waals surface area (Å²) in [6, 6.07) is 0. The molecule has 6 aliphatic rings. The van der Waals surface area contributed by atoms with Gasteiger partial charge in [0.05, 0.1) is 18.1 Å². The summed E-state index contributed by atoms with van der Waals surface area (Å²) in [6.45, 7) is 11.9. The number of ketones is 2. The Morgan fingerprint density at radius 3 is 2.69 bits per heavy atom. The van der Waals surface area contributed by atoms with Gasteiger partial charge in [-0.25, -0.2) is 0 Å². The number of hydrogen-bond donors (Lipinski definition) is 1. The molecule has 0 aromatic rings. The molecular weight excluding hydrogens is 532 g/mol. The van der Waals surface area contributed by atoms with Crippen molar-refractivity contribution in [2.45, 2.75) is 123 Å². The molecule has 12 atom stereocenters. The van der Waals surface area contributed by atoms with E-state index in [1.54, 1.807) is 0 Å². The number of aliphatic hydroxyl groups excluding tert-OH is 1. The maximum absolute atomic E-state index is 14.5. The van der Waals surface area contributed by atoms with Gasteiger partial charge in [0.2, 0.25) is 7.21 Å². The minimum atomic E-state index is -1.28. The number of aliphatic hydroxyl groups is 1. The number of allylic oxidation sites excluding steroid dienone is 4. The average molecular weight is 584 g/mol. The van der Waals surface area contributed by atoms with Gasteiger partial charge in [-0.3, -0.25) is 14.4 Å². The summed E-state index contributed by atoms with van der Waals surface area (Å²) in [6.07, 6.45) is 10.4. The van der Waals surface area contributed by atoms with E-state index in [0.717, 1.165) is 43.3 Å². The number of carbonyl (C=O) groups excluding carboxylic acids is 3. The Balaban J connectivity index is 1.38. The molecule has 1 heterocycles. The quantitative estimate of drug-likeness (QED) is 0.382. The van der Waals surface area contributed by atoms with Crippen LogP contribution >= 0.6 is 0 Å². The van der Waals surface area contributed by atoms with Crippen LogP contribution in [0.4, 0.5) is 0 Å². The fraction of sp³-hybridized carbons (Fsp3) is 0.800. The van der Waals surface area contributed by atoms with Gasteiger partial charge in [0.25, 0.3) is 0 Å². The smallest absolute Gasteiger partial charge is 0.309 e. The van der Waals surface area contributed by atoms with E-state index in [1.807, 2.05) is 26.8 Å². The van der Waals surface area contributed by atoms with E-state index in [0.29, 0.717) is 25.2 Å². The van der Waals surface area contributed by atoms with Crippen molar-refractivity contribution in [3.8, 4) is 0 Å². The van der Waals surface area contributed by atoms with Crippen LogP contribution in [-0.2, 0) is 28.6 Å². The molecule has 0 bridgehead atoms. The molecule has 0 aromatic carbocycles. The molecule has 42 heavy (non-hydrogen) atoms. The Labute approximate surface area is 252 Å². The van der Waals surface area contributed by atoms with Gasteiger partial charge in [0, 0.05) is 22.7 Å². The minimum absolute atomic E-state index is 0.00509. The first-order valence-electron chi connectivity index (χ1n) is 16.9. The number of rotatable bonds is 7. The summed E-state index contributed by atoms with van der Waals surface area (Å²) in [4.78, 5) is 39.8. The molecule has 0 spiro atoms. The summed E-state index contributed by atoms with van der Waals surface area (Å²) in [5, 5.41) is 5.60. The zero-order valence-electron chi connectivity index (χ0n) is 27.3. The Kier molecular flexibility index (Phi) is 7.34. The molecule has 7 heteroatoms. The van der Waals surface area contributed by atoms with Gasteiger partial charge in [0.15, 0.2) is 24.3 Å². The summed E-state index contributed by atoms with van der Waals surface area (Å²) in [5.74, 6) is 0.0691. The van der Waals surface area contributed by atoms with Crippen molar-refractivity contribution < 1.29 is 33.7 Å². The van der Waals surface area contributed by atoms with Gasteiger partial charge in [0.1, 0.15) is 0 Å². The summed E-state index contributed by atoms with van der Waals surface area (Å²) < 4.78 is 27.8. The highest BCUT2D eigenvalue weighted by molar-refractivity contribution is 6.05. The van der Waals surface area contributed by atoms with E-state index >= 15 is 0 Å². The van der Waals surface area contributed by atoms with E-state index in [4.69, 9.17) is 20.8 Å². The fourth-order valence-corrected chi connectivity index (χ4v) is 10.3. The summed E-state index contributed by atoms with van der Waals surface area (Å²) >= 11 is 0. The van der Waals surface area contributed by atoms with Gasteiger partial charge in [-0.1, -0.05) is 65.5 Å². The molecule has 0 radical (unpaired) electrons. The van der Waals surface area contributed by atoms with E-state index in [2.05, 4.69) is 26.8 Å². The molecule has 1 aliphatic heterocycles. The highest BCUT2D eigenvalue weighted by Gasteiger charge is 2.76. The van der Waals surface area contributed by atoms with Crippen molar-refractivity contribution in [3.63, 3.8) is 0 Å². The standard InChI is InChI=1S/C35H50O7/c1-7-19(2)31(39)40-18-28(38)35-29(41-32(42-35)23-11-9-8-10-20(23)3)15-25-24-13-12-22-14-26(36)21(4)16-33(22,5)30(24)27(37)17-34(25,35)6/h14,16,19-20,23-25,27,29-30,32,37H,7-13,15,17-18H2,1-6H3/t19?,20?,23?,24-,25-,27-,29+,30+,32+,33-,34-,35+/m0/s1/i37D.